The first-order valence-electron chi connectivity index (χ1n) is 7.63. The first-order chi connectivity index (χ1) is 12.3. The monoisotopic (exact) mass is 352 g/mol. The molecule has 0 unspecified atom stereocenters. The van der Waals surface area contributed by atoms with E-state index in [0.29, 0.717) is 16.5 Å². The lowest BCUT2D eigenvalue weighted by Gasteiger charge is -2.07. The van der Waals surface area contributed by atoms with Gasteiger partial charge in [-0.3, -0.25) is 4.79 Å². The topological polar surface area (TPSA) is 60.5 Å². The van der Waals surface area contributed by atoms with Crippen molar-refractivity contribution in [1.29, 1.82) is 0 Å². The Morgan fingerprint density at radius 1 is 1.12 bits per heavy atom. The van der Waals surface area contributed by atoms with Gasteiger partial charge in [0, 0.05) is 0 Å². The Labute approximate surface area is 149 Å². The van der Waals surface area contributed by atoms with Crippen molar-refractivity contribution in [3.05, 3.63) is 53.5 Å². The standard InChI is InChI=1S/C19H16N2O3S/c1-23-15-9-3-4-10-16(15)24-13-7-6-12-20-18(22)19-21-14-8-2-5-11-17(14)25-19/h2-5,8-11H,12-13H2,1H3,(H,20,22). The second-order valence-electron chi connectivity index (χ2n) is 4.96. The number of carbonyl (C=O) groups is 1. The predicted octanol–water partition coefficient (Wildman–Crippen LogP) is 3.12. The molecule has 2 aromatic carbocycles. The highest BCUT2D eigenvalue weighted by molar-refractivity contribution is 7.20. The number of benzene rings is 2. The van der Waals surface area contributed by atoms with E-state index in [2.05, 4.69) is 22.1 Å². The van der Waals surface area contributed by atoms with Crippen LogP contribution in [0.2, 0.25) is 0 Å². The molecule has 3 rings (SSSR count). The van der Waals surface area contributed by atoms with Gasteiger partial charge in [-0.15, -0.1) is 11.3 Å². The molecule has 6 heteroatoms. The molecule has 1 heterocycles. The Morgan fingerprint density at radius 3 is 2.68 bits per heavy atom. The number of nitrogens with zero attached hydrogens (tertiary/aromatic N) is 1. The molecule has 0 fully saturated rings. The zero-order chi connectivity index (χ0) is 17.5. The average molecular weight is 352 g/mol. The van der Waals surface area contributed by atoms with Gasteiger partial charge in [0.25, 0.3) is 5.91 Å². The highest BCUT2D eigenvalue weighted by Gasteiger charge is 2.10. The van der Waals surface area contributed by atoms with Gasteiger partial charge in [0.2, 0.25) is 0 Å². The fourth-order valence-corrected chi connectivity index (χ4v) is 3.02. The molecular formula is C19H16N2O3S. The highest BCUT2D eigenvalue weighted by Crippen LogP contribution is 2.25. The third-order valence-electron chi connectivity index (χ3n) is 3.32. The van der Waals surface area contributed by atoms with Crippen molar-refractivity contribution in [2.45, 2.75) is 0 Å². The van der Waals surface area contributed by atoms with Gasteiger partial charge in [0.15, 0.2) is 16.5 Å². The molecule has 25 heavy (non-hydrogen) atoms. The summed E-state index contributed by atoms with van der Waals surface area (Å²) in [6, 6.07) is 15.0. The number of carbonyl (C=O) groups excluding carboxylic acids is 1. The smallest absolute Gasteiger partial charge is 0.281 e. The lowest BCUT2D eigenvalue weighted by molar-refractivity contribution is 0.0958. The molecule has 1 N–H and O–H groups in total. The van der Waals surface area contributed by atoms with E-state index in [4.69, 9.17) is 9.47 Å². The number of rotatable bonds is 5. The fraction of sp³-hybridized carbons (Fsp3) is 0.158. The number of ether oxygens (including phenoxy) is 2. The zero-order valence-corrected chi connectivity index (χ0v) is 14.4. The van der Waals surface area contributed by atoms with Gasteiger partial charge < -0.3 is 14.8 Å². The van der Waals surface area contributed by atoms with Gasteiger partial charge in [-0.1, -0.05) is 36.1 Å². The van der Waals surface area contributed by atoms with E-state index in [-0.39, 0.29) is 19.1 Å². The number of amides is 1. The Hall–Kier alpha value is -3.04. The van der Waals surface area contributed by atoms with Crippen molar-refractivity contribution >= 4 is 27.5 Å². The van der Waals surface area contributed by atoms with Crippen LogP contribution in [0.15, 0.2) is 48.5 Å². The normalized spacial score (nSPS) is 9.96. The van der Waals surface area contributed by atoms with Crippen LogP contribution < -0.4 is 14.8 Å². The molecule has 5 nitrogen and oxygen atoms in total. The van der Waals surface area contributed by atoms with E-state index in [9.17, 15) is 4.79 Å². The summed E-state index contributed by atoms with van der Waals surface area (Å²) in [6.07, 6.45) is 0. The minimum atomic E-state index is -0.221. The number of thiazole rings is 1. The van der Waals surface area contributed by atoms with Crippen molar-refractivity contribution in [1.82, 2.24) is 10.3 Å². The van der Waals surface area contributed by atoms with Crippen LogP contribution in [0.1, 0.15) is 9.80 Å². The Kier molecular flexibility index (Phi) is 5.50. The summed E-state index contributed by atoms with van der Waals surface area (Å²) in [7, 11) is 1.59. The molecular weight excluding hydrogens is 336 g/mol. The minimum Gasteiger partial charge on any atom is -0.493 e. The Bertz CT molecular complexity index is 907. The Balaban J connectivity index is 1.48. The van der Waals surface area contributed by atoms with Crippen molar-refractivity contribution in [2.24, 2.45) is 0 Å². The van der Waals surface area contributed by atoms with E-state index in [1.165, 1.54) is 11.3 Å². The summed E-state index contributed by atoms with van der Waals surface area (Å²) in [5.41, 5.74) is 0.828. The van der Waals surface area contributed by atoms with Crippen LogP contribution in [-0.4, -0.2) is 31.2 Å². The molecule has 0 radical (unpaired) electrons. The van der Waals surface area contributed by atoms with E-state index >= 15 is 0 Å². The number of methoxy groups -OCH3 is 1. The number of para-hydroxylation sites is 3. The molecule has 0 atom stereocenters. The largest absolute Gasteiger partial charge is 0.493 e. The zero-order valence-electron chi connectivity index (χ0n) is 13.6. The Morgan fingerprint density at radius 2 is 1.88 bits per heavy atom. The molecule has 0 aliphatic heterocycles. The van der Waals surface area contributed by atoms with E-state index < -0.39 is 0 Å². The van der Waals surface area contributed by atoms with E-state index in [0.717, 1.165) is 10.2 Å². The third-order valence-corrected chi connectivity index (χ3v) is 4.35. The van der Waals surface area contributed by atoms with E-state index in [1.54, 1.807) is 7.11 Å². The van der Waals surface area contributed by atoms with Crippen LogP contribution in [0.25, 0.3) is 10.2 Å². The summed E-state index contributed by atoms with van der Waals surface area (Å²) in [5.74, 6) is 6.79. The minimum absolute atomic E-state index is 0.220. The second kappa shape index (κ2) is 8.18. The lowest BCUT2D eigenvalue weighted by atomic mass is 10.3. The lowest BCUT2D eigenvalue weighted by Crippen LogP contribution is -2.23. The van der Waals surface area contributed by atoms with Crippen molar-refractivity contribution in [2.75, 3.05) is 20.3 Å². The van der Waals surface area contributed by atoms with Crippen LogP contribution in [-0.2, 0) is 0 Å². The first-order valence-corrected chi connectivity index (χ1v) is 8.45. The molecule has 0 saturated carbocycles. The number of fused-ring (bicyclic) bond motifs is 1. The number of aromatic nitrogens is 1. The molecule has 1 amide bonds. The SMILES string of the molecule is COc1ccccc1OCC#CCNC(=O)c1nc2ccccc2s1. The molecule has 0 spiro atoms. The van der Waals surface area contributed by atoms with Gasteiger partial charge in [0.1, 0.15) is 6.61 Å². The molecule has 0 saturated heterocycles. The van der Waals surface area contributed by atoms with Crippen molar-refractivity contribution in [3.63, 3.8) is 0 Å². The van der Waals surface area contributed by atoms with Crippen LogP contribution in [0.4, 0.5) is 0 Å². The summed E-state index contributed by atoms with van der Waals surface area (Å²) < 4.78 is 11.7. The summed E-state index contributed by atoms with van der Waals surface area (Å²) in [6.45, 7) is 0.460. The van der Waals surface area contributed by atoms with Crippen LogP contribution >= 0.6 is 11.3 Å². The maximum absolute atomic E-state index is 12.1. The summed E-state index contributed by atoms with van der Waals surface area (Å²) in [4.78, 5) is 16.4. The molecule has 0 bridgehead atoms. The molecule has 1 aromatic heterocycles. The van der Waals surface area contributed by atoms with Crippen LogP contribution in [0.3, 0.4) is 0 Å². The molecule has 0 aliphatic carbocycles. The van der Waals surface area contributed by atoms with Crippen LogP contribution in [0, 0.1) is 11.8 Å². The van der Waals surface area contributed by atoms with Gasteiger partial charge in [0.05, 0.1) is 23.9 Å². The first kappa shape index (κ1) is 16.8. The molecule has 126 valence electrons. The summed E-state index contributed by atoms with van der Waals surface area (Å²) in [5, 5.41) is 3.17. The van der Waals surface area contributed by atoms with Gasteiger partial charge in [-0.2, -0.15) is 0 Å². The number of nitrogens with one attached hydrogen (secondary N) is 1. The van der Waals surface area contributed by atoms with Gasteiger partial charge >= 0.3 is 0 Å². The quantitative estimate of drug-likeness (QED) is 0.717. The predicted molar refractivity (Wildman–Crippen MR) is 98.2 cm³/mol. The van der Waals surface area contributed by atoms with Gasteiger partial charge in [-0.25, -0.2) is 4.98 Å². The van der Waals surface area contributed by atoms with Crippen molar-refractivity contribution < 1.29 is 14.3 Å². The second-order valence-corrected chi connectivity index (χ2v) is 5.99. The highest BCUT2D eigenvalue weighted by atomic mass is 32.1. The number of hydrogen-bond donors (Lipinski definition) is 1. The van der Waals surface area contributed by atoms with Crippen molar-refractivity contribution in [3.8, 4) is 23.3 Å². The third kappa shape index (κ3) is 4.28. The van der Waals surface area contributed by atoms with Gasteiger partial charge in [-0.05, 0) is 24.3 Å². The summed E-state index contributed by atoms with van der Waals surface area (Å²) >= 11 is 1.37. The molecule has 0 aliphatic rings. The maximum Gasteiger partial charge on any atom is 0.281 e. The molecule has 3 aromatic rings. The maximum atomic E-state index is 12.1. The van der Waals surface area contributed by atoms with E-state index in [1.807, 2.05) is 48.5 Å². The number of hydrogen-bond acceptors (Lipinski definition) is 5. The fourth-order valence-electron chi connectivity index (χ4n) is 2.13. The van der Waals surface area contributed by atoms with Crippen LogP contribution in [0.5, 0.6) is 11.5 Å². The average Bonchev–Trinajstić information content (AvgIpc) is 3.09.